The molecule has 0 radical (unpaired) electrons. The van der Waals surface area contributed by atoms with Crippen molar-refractivity contribution in [2.45, 2.75) is 6.10 Å². The third kappa shape index (κ3) is 2.34. The van der Waals surface area contributed by atoms with Gasteiger partial charge in [-0.15, -0.1) is 11.3 Å². The zero-order valence-electron chi connectivity index (χ0n) is 7.65. The number of hydrogen-bond donors (Lipinski definition) is 1. The van der Waals surface area contributed by atoms with Crippen molar-refractivity contribution < 1.29 is 5.11 Å². The van der Waals surface area contributed by atoms with Crippen molar-refractivity contribution in [2.75, 3.05) is 0 Å². The highest BCUT2D eigenvalue weighted by Gasteiger charge is 2.12. The van der Waals surface area contributed by atoms with Gasteiger partial charge in [-0.2, -0.15) is 0 Å². The standard InChI is InChI=1S/C11H8Cl2OS/c12-8-4-3-7(6-9(8)13)11(14)10-2-1-5-15-10/h1-6,11,14H. The zero-order valence-corrected chi connectivity index (χ0v) is 9.98. The SMILES string of the molecule is OC(c1ccc(Cl)c(Cl)c1)c1cccs1. The van der Waals surface area contributed by atoms with E-state index in [4.69, 9.17) is 23.2 Å². The fraction of sp³-hybridized carbons (Fsp3) is 0.0909. The van der Waals surface area contributed by atoms with Crippen LogP contribution in [0.4, 0.5) is 0 Å². The maximum atomic E-state index is 10.0. The van der Waals surface area contributed by atoms with Crippen molar-refractivity contribution in [2.24, 2.45) is 0 Å². The molecular formula is C11H8Cl2OS. The molecule has 0 saturated carbocycles. The number of halogens is 2. The molecule has 0 amide bonds. The first-order valence-corrected chi connectivity index (χ1v) is 5.98. The number of rotatable bonds is 2. The molecule has 15 heavy (non-hydrogen) atoms. The van der Waals surface area contributed by atoms with E-state index in [2.05, 4.69) is 0 Å². The first-order chi connectivity index (χ1) is 7.18. The Morgan fingerprint density at radius 2 is 1.93 bits per heavy atom. The van der Waals surface area contributed by atoms with Crippen LogP contribution in [0.15, 0.2) is 35.7 Å². The average molecular weight is 259 g/mol. The second-order valence-corrected chi connectivity index (χ2v) is 4.89. The van der Waals surface area contributed by atoms with E-state index in [9.17, 15) is 5.11 Å². The quantitative estimate of drug-likeness (QED) is 0.859. The number of hydrogen-bond acceptors (Lipinski definition) is 2. The molecule has 2 aromatic rings. The van der Waals surface area contributed by atoms with Gasteiger partial charge in [-0.1, -0.05) is 35.3 Å². The predicted molar refractivity (Wildman–Crippen MR) is 64.8 cm³/mol. The highest BCUT2D eigenvalue weighted by atomic mass is 35.5. The second-order valence-electron chi connectivity index (χ2n) is 3.09. The molecule has 78 valence electrons. The van der Waals surface area contributed by atoms with Gasteiger partial charge in [0.05, 0.1) is 10.0 Å². The van der Waals surface area contributed by atoms with Crippen LogP contribution in [0.25, 0.3) is 0 Å². The minimum absolute atomic E-state index is 0.463. The molecule has 1 heterocycles. The van der Waals surface area contributed by atoms with Gasteiger partial charge < -0.3 is 5.11 Å². The molecule has 1 N–H and O–H groups in total. The number of aliphatic hydroxyl groups is 1. The van der Waals surface area contributed by atoms with E-state index < -0.39 is 6.10 Å². The van der Waals surface area contributed by atoms with E-state index >= 15 is 0 Å². The van der Waals surface area contributed by atoms with Crippen LogP contribution in [0.5, 0.6) is 0 Å². The van der Waals surface area contributed by atoms with Crippen LogP contribution >= 0.6 is 34.5 Å². The monoisotopic (exact) mass is 258 g/mol. The van der Waals surface area contributed by atoms with Crippen molar-refractivity contribution in [3.05, 3.63) is 56.2 Å². The molecule has 0 bridgehead atoms. The fourth-order valence-corrected chi connectivity index (χ4v) is 2.34. The summed E-state index contributed by atoms with van der Waals surface area (Å²) in [4.78, 5) is 0.897. The van der Waals surface area contributed by atoms with E-state index in [0.717, 1.165) is 10.4 Å². The molecule has 1 aromatic carbocycles. The van der Waals surface area contributed by atoms with Crippen LogP contribution in [0, 0.1) is 0 Å². The van der Waals surface area contributed by atoms with Crippen molar-refractivity contribution >= 4 is 34.5 Å². The minimum atomic E-state index is -0.625. The normalized spacial score (nSPS) is 12.7. The van der Waals surface area contributed by atoms with E-state index in [1.807, 2.05) is 17.5 Å². The van der Waals surface area contributed by atoms with Crippen LogP contribution in [0.2, 0.25) is 10.0 Å². The molecule has 0 fully saturated rings. The Labute approximate surface area is 102 Å². The van der Waals surface area contributed by atoms with Gasteiger partial charge in [-0.25, -0.2) is 0 Å². The lowest BCUT2D eigenvalue weighted by Crippen LogP contribution is -1.96. The summed E-state index contributed by atoms with van der Waals surface area (Å²) in [6, 6.07) is 8.95. The van der Waals surface area contributed by atoms with Gasteiger partial charge in [0.15, 0.2) is 0 Å². The Hall–Kier alpha value is -0.540. The fourth-order valence-electron chi connectivity index (χ4n) is 1.29. The lowest BCUT2D eigenvalue weighted by molar-refractivity contribution is 0.224. The summed E-state index contributed by atoms with van der Waals surface area (Å²) >= 11 is 13.2. The summed E-state index contributed by atoms with van der Waals surface area (Å²) in [6.07, 6.45) is -0.625. The van der Waals surface area contributed by atoms with Crippen molar-refractivity contribution in [1.82, 2.24) is 0 Å². The number of benzene rings is 1. The lowest BCUT2D eigenvalue weighted by atomic mass is 10.1. The Kier molecular flexibility index (Phi) is 3.32. The van der Waals surface area contributed by atoms with Crippen molar-refractivity contribution in [3.8, 4) is 0 Å². The molecule has 0 spiro atoms. The Bertz CT molecular complexity index is 454. The third-order valence-electron chi connectivity index (χ3n) is 2.07. The summed E-state index contributed by atoms with van der Waals surface area (Å²) in [6.45, 7) is 0. The van der Waals surface area contributed by atoms with Crippen LogP contribution in [0.3, 0.4) is 0 Å². The number of thiophene rings is 1. The second kappa shape index (κ2) is 4.54. The molecule has 0 aliphatic rings. The zero-order chi connectivity index (χ0) is 10.8. The van der Waals surface area contributed by atoms with E-state index in [1.165, 1.54) is 11.3 Å². The van der Waals surface area contributed by atoms with E-state index in [0.29, 0.717) is 10.0 Å². The van der Waals surface area contributed by atoms with Crippen LogP contribution in [-0.4, -0.2) is 5.11 Å². The summed E-state index contributed by atoms with van der Waals surface area (Å²) < 4.78 is 0. The van der Waals surface area contributed by atoms with Crippen LogP contribution < -0.4 is 0 Å². The molecule has 1 atom stereocenters. The molecule has 0 aliphatic carbocycles. The highest BCUT2D eigenvalue weighted by Crippen LogP contribution is 2.30. The van der Waals surface area contributed by atoms with E-state index in [1.54, 1.807) is 18.2 Å². The van der Waals surface area contributed by atoms with Gasteiger partial charge in [0.1, 0.15) is 6.10 Å². The number of aliphatic hydroxyl groups excluding tert-OH is 1. The molecule has 4 heteroatoms. The van der Waals surface area contributed by atoms with Crippen molar-refractivity contribution in [3.63, 3.8) is 0 Å². The third-order valence-corrected chi connectivity index (χ3v) is 3.74. The summed E-state index contributed by atoms with van der Waals surface area (Å²) in [5, 5.41) is 12.9. The van der Waals surface area contributed by atoms with Gasteiger partial charge in [-0.05, 0) is 29.1 Å². The average Bonchev–Trinajstić information content (AvgIpc) is 2.74. The Balaban J connectivity index is 2.34. The topological polar surface area (TPSA) is 20.2 Å². The van der Waals surface area contributed by atoms with Gasteiger partial charge in [-0.3, -0.25) is 0 Å². The van der Waals surface area contributed by atoms with Gasteiger partial charge in [0.2, 0.25) is 0 Å². The first kappa shape index (κ1) is 11.0. The maximum absolute atomic E-state index is 10.0. The lowest BCUT2D eigenvalue weighted by Gasteiger charge is -2.09. The molecule has 1 aromatic heterocycles. The highest BCUT2D eigenvalue weighted by molar-refractivity contribution is 7.10. The smallest absolute Gasteiger partial charge is 0.113 e. The van der Waals surface area contributed by atoms with Gasteiger partial charge >= 0.3 is 0 Å². The van der Waals surface area contributed by atoms with Gasteiger partial charge in [0, 0.05) is 4.88 Å². The minimum Gasteiger partial charge on any atom is -0.383 e. The summed E-state index contributed by atoms with van der Waals surface area (Å²) in [5.41, 5.74) is 0.756. The molecule has 1 nitrogen and oxygen atoms in total. The first-order valence-electron chi connectivity index (χ1n) is 4.35. The van der Waals surface area contributed by atoms with Gasteiger partial charge in [0.25, 0.3) is 0 Å². The molecule has 2 rings (SSSR count). The summed E-state index contributed by atoms with van der Waals surface area (Å²) in [5.74, 6) is 0. The van der Waals surface area contributed by atoms with Crippen molar-refractivity contribution in [1.29, 1.82) is 0 Å². The van der Waals surface area contributed by atoms with E-state index in [-0.39, 0.29) is 0 Å². The summed E-state index contributed by atoms with van der Waals surface area (Å²) in [7, 11) is 0. The molecule has 1 unspecified atom stereocenters. The maximum Gasteiger partial charge on any atom is 0.113 e. The van der Waals surface area contributed by atoms with Crippen LogP contribution in [0.1, 0.15) is 16.5 Å². The largest absolute Gasteiger partial charge is 0.383 e. The predicted octanol–water partition coefficient (Wildman–Crippen LogP) is 4.14. The Morgan fingerprint density at radius 3 is 2.53 bits per heavy atom. The van der Waals surface area contributed by atoms with Crippen LogP contribution in [-0.2, 0) is 0 Å². The molecule has 0 aliphatic heterocycles. The molecule has 0 saturated heterocycles. The Morgan fingerprint density at radius 1 is 1.13 bits per heavy atom. The molecular weight excluding hydrogens is 251 g/mol.